The monoisotopic (exact) mass is 373 g/mol. The number of benzene rings is 1. The number of aromatic nitrogens is 4. The molecule has 3 aromatic heterocycles. The van der Waals surface area contributed by atoms with Gasteiger partial charge in [-0.3, -0.25) is 9.59 Å². The molecule has 138 valence electrons. The van der Waals surface area contributed by atoms with E-state index in [-0.39, 0.29) is 28.9 Å². The number of hydrogen-bond acceptors (Lipinski definition) is 6. The minimum Gasteiger partial charge on any atom is -0.505 e. The molecule has 0 atom stereocenters. The van der Waals surface area contributed by atoms with Crippen LogP contribution in [0.15, 0.2) is 66.1 Å². The molecule has 1 aromatic carbocycles. The van der Waals surface area contributed by atoms with Gasteiger partial charge in [-0.05, 0) is 11.6 Å². The van der Waals surface area contributed by atoms with Crippen molar-refractivity contribution in [2.24, 2.45) is 5.73 Å². The number of rotatable bonds is 4. The largest absolute Gasteiger partial charge is 0.505 e. The van der Waals surface area contributed by atoms with E-state index in [0.29, 0.717) is 16.6 Å². The number of hydrogen-bond donors (Lipinski definition) is 2. The predicted molar refractivity (Wildman–Crippen MR) is 103 cm³/mol. The molecule has 0 unspecified atom stereocenters. The van der Waals surface area contributed by atoms with Gasteiger partial charge in [0.2, 0.25) is 0 Å². The number of aromatic hydroxyl groups is 1. The third-order valence-corrected chi connectivity index (χ3v) is 4.41. The second-order valence-corrected chi connectivity index (χ2v) is 6.18. The first-order valence-corrected chi connectivity index (χ1v) is 8.41. The molecule has 8 heteroatoms. The molecule has 0 saturated heterocycles. The smallest absolute Gasteiger partial charge is 0.271 e. The summed E-state index contributed by atoms with van der Waals surface area (Å²) in [6.07, 6.45) is 5.75. The summed E-state index contributed by atoms with van der Waals surface area (Å²) in [5.74, 6) is -1.23. The van der Waals surface area contributed by atoms with E-state index in [9.17, 15) is 14.7 Å². The molecular weight excluding hydrogens is 358 g/mol. The molecule has 0 fully saturated rings. The third-order valence-electron chi connectivity index (χ3n) is 4.41. The Hall–Kier alpha value is -4.07. The van der Waals surface area contributed by atoms with Gasteiger partial charge < -0.3 is 15.4 Å². The maximum atomic E-state index is 13.2. The van der Waals surface area contributed by atoms with Gasteiger partial charge in [0.25, 0.3) is 11.5 Å². The summed E-state index contributed by atoms with van der Waals surface area (Å²) in [6, 6.07) is 10.9. The fraction of sp³-hybridized carbons (Fsp3) is 0.0500. The Balaban J connectivity index is 2.05. The molecule has 0 aliphatic rings. The van der Waals surface area contributed by atoms with Gasteiger partial charge in [-0.25, -0.2) is 15.0 Å². The number of fused-ring (bicyclic) bond motifs is 1. The lowest BCUT2D eigenvalue weighted by Crippen LogP contribution is -2.23. The van der Waals surface area contributed by atoms with E-state index in [1.807, 2.05) is 30.3 Å². The van der Waals surface area contributed by atoms with E-state index in [0.717, 1.165) is 5.56 Å². The van der Waals surface area contributed by atoms with E-state index < -0.39 is 5.91 Å². The molecule has 0 aliphatic carbocycles. The number of nitrogens with two attached hydrogens (primary N) is 1. The van der Waals surface area contributed by atoms with Crippen LogP contribution in [0.3, 0.4) is 0 Å². The van der Waals surface area contributed by atoms with Crippen LogP contribution in [0, 0.1) is 0 Å². The molecule has 0 spiro atoms. The Kier molecular flexibility index (Phi) is 4.29. The van der Waals surface area contributed by atoms with Gasteiger partial charge in [-0.2, -0.15) is 0 Å². The SMILES string of the molecule is NC(=O)c1ncc2c(cc(-c3cncnc3)c(=O)n2Cc2ccccc2)c1O. The number of primary amides is 1. The predicted octanol–water partition coefficient (Wildman–Crippen LogP) is 1.71. The summed E-state index contributed by atoms with van der Waals surface area (Å²) in [4.78, 5) is 36.7. The van der Waals surface area contributed by atoms with Crippen LogP contribution >= 0.6 is 0 Å². The molecule has 3 heterocycles. The average Bonchev–Trinajstić information content (AvgIpc) is 2.71. The van der Waals surface area contributed by atoms with E-state index >= 15 is 0 Å². The van der Waals surface area contributed by atoms with Crippen molar-refractivity contribution >= 4 is 16.8 Å². The molecule has 3 N–H and O–H groups in total. The van der Waals surface area contributed by atoms with Crippen LogP contribution in [0.25, 0.3) is 22.0 Å². The Morgan fingerprint density at radius 2 is 1.82 bits per heavy atom. The zero-order chi connectivity index (χ0) is 19.7. The van der Waals surface area contributed by atoms with E-state index in [1.165, 1.54) is 35.6 Å². The second kappa shape index (κ2) is 6.92. The summed E-state index contributed by atoms with van der Waals surface area (Å²) in [5, 5.41) is 10.9. The van der Waals surface area contributed by atoms with Gasteiger partial charge in [0.15, 0.2) is 11.4 Å². The zero-order valence-corrected chi connectivity index (χ0v) is 14.6. The highest BCUT2D eigenvalue weighted by molar-refractivity contribution is 6.00. The minimum absolute atomic E-state index is 0.257. The molecule has 8 nitrogen and oxygen atoms in total. The second-order valence-electron chi connectivity index (χ2n) is 6.18. The molecule has 0 aliphatic heterocycles. The van der Waals surface area contributed by atoms with Crippen LogP contribution in [0.4, 0.5) is 0 Å². The van der Waals surface area contributed by atoms with Gasteiger partial charge in [-0.1, -0.05) is 30.3 Å². The zero-order valence-electron chi connectivity index (χ0n) is 14.6. The summed E-state index contributed by atoms with van der Waals surface area (Å²) in [7, 11) is 0. The van der Waals surface area contributed by atoms with Crippen LogP contribution in [0.1, 0.15) is 16.1 Å². The number of pyridine rings is 2. The first-order chi connectivity index (χ1) is 13.6. The van der Waals surface area contributed by atoms with Crippen LogP contribution in [0.5, 0.6) is 5.75 Å². The molecule has 4 rings (SSSR count). The van der Waals surface area contributed by atoms with Gasteiger partial charge in [0.1, 0.15) is 6.33 Å². The molecule has 28 heavy (non-hydrogen) atoms. The highest BCUT2D eigenvalue weighted by Gasteiger charge is 2.19. The van der Waals surface area contributed by atoms with Crippen molar-refractivity contribution < 1.29 is 9.90 Å². The van der Waals surface area contributed by atoms with Gasteiger partial charge in [0.05, 0.1) is 23.8 Å². The summed E-state index contributed by atoms with van der Waals surface area (Å²) < 4.78 is 1.49. The number of carbonyl (C=O) groups excluding carboxylic acids is 1. The lowest BCUT2D eigenvalue weighted by molar-refractivity contribution is 0.0993. The van der Waals surface area contributed by atoms with Crippen molar-refractivity contribution in [3.63, 3.8) is 0 Å². The Bertz CT molecular complexity index is 1240. The summed E-state index contributed by atoms with van der Waals surface area (Å²) in [6.45, 7) is 0.259. The van der Waals surface area contributed by atoms with Gasteiger partial charge in [-0.15, -0.1) is 0 Å². The van der Waals surface area contributed by atoms with Crippen LogP contribution in [0.2, 0.25) is 0 Å². The lowest BCUT2D eigenvalue weighted by Gasteiger charge is -2.14. The number of amides is 1. The van der Waals surface area contributed by atoms with E-state index in [4.69, 9.17) is 5.73 Å². The van der Waals surface area contributed by atoms with E-state index in [1.54, 1.807) is 0 Å². The fourth-order valence-electron chi connectivity index (χ4n) is 3.07. The first-order valence-electron chi connectivity index (χ1n) is 8.41. The minimum atomic E-state index is -0.857. The van der Waals surface area contributed by atoms with Crippen molar-refractivity contribution in [2.45, 2.75) is 6.54 Å². The van der Waals surface area contributed by atoms with Crippen LogP contribution in [-0.4, -0.2) is 30.5 Å². The molecule has 0 bridgehead atoms. The molecule has 0 saturated carbocycles. The third kappa shape index (κ3) is 2.96. The van der Waals surface area contributed by atoms with Gasteiger partial charge in [0, 0.05) is 23.3 Å². The molecule has 1 amide bonds. The summed E-state index contributed by atoms with van der Waals surface area (Å²) >= 11 is 0. The van der Waals surface area contributed by atoms with Crippen LogP contribution in [-0.2, 0) is 6.54 Å². The lowest BCUT2D eigenvalue weighted by atomic mass is 10.1. The van der Waals surface area contributed by atoms with Crippen molar-refractivity contribution in [2.75, 3.05) is 0 Å². The van der Waals surface area contributed by atoms with Crippen molar-refractivity contribution in [1.29, 1.82) is 0 Å². The maximum Gasteiger partial charge on any atom is 0.271 e. The number of nitrogens with zero attached hydrogens (tertiary/aromatic N) is 4. The molecular formula is C20H15N5O3. The number of carbonyl (C=O) groups is 1. The van der Waals surface area contributed by atoms with Crippen molar-refractivity contribution in [1.82, 2.24) is 19.5 Å². The molecule has 4 aromatic rings. The van der Waals surface area contributed by atoms with Gasteiger partial charge >= 0.3 is 0 Å². The maximum absolute atomic E-state index is 13.2. The highest BCUT2D eigenvalue weighted by Crippen LogP contribution is 2.29. The topological polar surface area (TPSA) is 124 Å². The standard InChI is InChI=1S/C20H15N5O3/c21-19(27)17-18(26)15-6-14(13-7-22-11-23-8-13)20(28)25(16(15)9-24-17)10-12-4-2-1-3-5-12/h1-9,11,26H,10H2,(H2,21,27). The van der Waals surface area contributed by atoms with Crippen molar-refractivity contribution in [3.8, 4) is 16.9 Å². The normalized spacial score (nSPS) is 10.9. The Labute approximate surface area is 159 Å². The van der Waals surface area contributed by atoms with Crippen LogP contribution < -0.4 is 11.3 Å². The quantitative estimate of drug-likeness (QED) is 0.561. The fourth-order valence-corrected chi connectivity index (χ4v) is 3.07. The van der Waals surface area contributed by atoms with Crippen molar-refractivity contribution in [3.05, 3.63) is 82.9 Å². The first kappa shape index (κ1) is 17.3. The Morgan fingerprint density at radius 1 is 1.11 bits per heavy atom. The Morgan fingerprint density at radius 3 is 2.50 bits per heavy atom. The average molecular weight is 373 g/mol. The molecule has 0 radical (unpaired) electrons. The highest BCUT2D eigenvalue weighted by atomic mass is 16.3. The summed E-state index contributed by atoms with van der Waals surface area (Å²) in [5.41, 5.74) is 6.81. The van der Waals surface area contributed by atoms with E-state index in [2.05, 4.69) is 15.0 Å².